The van der Waals surface area contributed by atoms with Gasteiger partial charge in [0.25, 0.3) is 0 Å². The van der Waals surface area contributed by atoms with E-state index in [0.717, 1.165) is 18.3 Å². The second-order valence-electron chi connectivity index (χ2n) is 5.94. The summed E-state index contributed by atoms with van der Waals surface area (Å²) in [5, 5.41) is 10.2. The fourth-order valence-electron chi connectivity index (χ4n) is 3.34. The molecule has 1 aliphatic heterocycles. The summed E-state index contributed by atoms with van der Waals surface area (Å²) in [4.78, 5) is 2.56. The highest BCUT2D eigenvalue weighted by molar-refractivity contribution is 4.88. The van der Waals surface area contributed by atoms with Crippen molar-refractivity contribution in [1.82, 2.24) is 4.90 Å². The smallest absolute Gasteiger partial charge is 0.0695 e. The van der Waals surface area contributed by atoms with Crippen molar-refractivity contribution in [3.63, 3.8) is 0 Å². The van der Waals surface area contributed by atoms with Crippen LogP contribution >= 0.6 is 0 Å². The first-order valence-corrected chi connectivity index (χ1v) is 7.12. The molecule has 1 saturated heterocycles. The van der Waals surface area contributed by atoms with E-state index in [-0.39, 0.29) is 6.10 Å². The molecule has 0 amide bonds. The minimum Gasteiger partial charge on any atom is -0.391 e. The summed E-state index contributed by atoms with van der Waals surface area (Å²) in [5.41, 5.74) is 0. The zero-order valence-corrected chi connectivity index (χ0v) is 10.9. The lowest BCUT2D eigenvalue weighted by molar-refractivity contribution is -0.0103. The number of aliphatic hydroxyl groups is 1. The van der Waals surface area contributed by atoms with E-state index in [1.165, 1.54) is 45.2 Å². The van der Waals surface area contributed by atoms with Crippen LogP contribution in [0, 0.1) is 11.8 Å². The first-order valence-electron chi connectivity index (χ1n) is 7.12. The second-order valence-corrected chi connectivity index (χ2v) is 5.94. The number of nitrogens with zero attached hydrogens (tertiary/aromatic N) is 1. The molecule has 2 aliphatic rings. The van der Waals surface area contributed by atoms with E-state index in [1.54, 1.807) is 0 Å². The first-order chi connectivity index (χ1) is 7.70. The third kappa shape index (κ3) is 2.78. The van der Waals surface area contributed by atoms with Gasteiger partial charge in [-0.2, -0.15) is 0 Å². The van der Waals surface area contributed by atoms with Crippen LogP contribution in [0.5, 0.6) is 0 Å². The van der Waals surface area contributed by atoms with E-state index in [1.807, 2.05) is 0 Å². The van der Waals surface area contributed by atoms with Crippen LogP contribution in [0.15, 0.2) is 0 Å². The largest absolute Gasteiger partial charge is 0.391 e. The highest BCUT2D eigenvalue weighted by Crippen LogP contribution is 2.32. The first kappa shape index (κ1) is 12.4. The molecule has 94 valence electrons. The standard InChI is InChI=1S/C14H27NO/c1-3-12-4-5-14(16)13(10-12)15-8-6-11(2)7-9-15/h11-14,16H,3-10H2,1-2H3. The van der Waals surface area contributed by atoms with Gasteiger partial charge in [0.15, 0.2) is 0 Å². The molecule has 1 heterocycles. The number of likely N-dealkylation sites (tertiary alicyclic amines) is 1. The third-order valence-corrected chi connectivity index (χ3v) is 4.75. The fourth-order valence-corrected chi connectivity index (χ4v) is 3.34. The van der Waals surface area contributed by atoms with Crippen LogP contribution in [0.1, 0.15) is 52.4 Å². The van der Waals surface area contributed by atoms with Crippen molar-refractivity contribution >= 4 is 0 Å². The molecule has 0 aromatic heterocycles. The van der Waals surface area contributed by atoms with Crippen molar-refractivity contribution in [3.05, 3.63) is 0 Å². The van der Waals surface area contributed by atoms with Gasteiger partial charge in [-0.1, -0.05) is 20.3 Å². The lowest BCUT2D eigenvalue weighted by atomic mass is 9.81. The van der Waals surface area contributed by atoms with E-state index < -0.39 is 0 Å². The van der Waals surface area contributed by atoms with Crippen molar-refractivity contribution in [2.24, 2.45) is 11.8 Å². The number of aliphatic hydroxyl groups excluding tert-OH is 1. The van der Waals surface area contributed by atoms with Crippen LogP contribution in [-0.4, -0.2) is 35.2 Å². The van der Waals surface area contributed by atoms with Gasteiger partial charge < -0.3 is 5.11 Å². The Labute approximate surface area is 100 Å². The molecule has 0 bridgehead atoms. The van der Waals surface area contributed by atoms with Crippen LogP contribution < -0.4 is 0 Å². The van der Waals surface area contributed by atoms with Crippen molar-refractivity contribution < 1.29 is 5.11 Å². The lowest BCUT2D eigenvalue weighted by Crippen LogP contribution is -2.50. The SMILES string of the molecule is CCC1CCC(O)C(N2CCC(C)CC2)C1. The minimum atomic E-state index is -0.0591. The third-order valence-electron chi connectivity index (χ3n) is 4.75. The van der Waals surface area contributed by atoms with Gasteiger partial charge in [0.05, 0.1) is 6.10 Å². The van der Waals surface area contributed by atoms with Gasteiger partial charge in [-0.3, -0.25) is 4.90 Å². The number of hydrogen-bond acceptors (Lipinski definition) is 2. The van der Waals surface area contributed by atoms with Crippen molar-refractivity contribution in [2.45, 2.75) is 64.5 Å². The Morgan fingerprint density at radius 3 is 2.44 bits per heavy atom. The topological polar surface area (TPSA) is 23.5 Å². The van der Waals surface area contributed by atoms with Crippen molar-refractivity contribution in [1.29, 1.82) is 0 Å². The molecule has 1 saturated carbocycles. The van der Waals surface area contributed by atoms with Crippen molar-refractivity contribution in [2.75, 3.05) is 13.1 Å². The molecule has 3 atom stereocenters. The minimum absolute atomic E-state index is 0.0591. The zero-order valence-electron chi connectivity index (χ0n) is 10.9. The summed E-state index contributed by atoms with van der Waals surface area (Å²) in [6.45, 7) is 7.06. The van der Waals surface area contributed by atoms with Gasteiger partial charge in [0.1, 0.15) is 0 Å². The molecule has 0 aromatic carbocycles. The number of piperidine rings is 1. The van der Waals surface area contributed by atoms with Crippen molar-refractivity contribution in [3.8, 4) is 0 Å². The summed E-state index contributed by atoms with van der Waals surface area (Å²) < 4.78 is 0. The van der Waals surface area contributed by atoms with Crippen LogP contribution in [-0.2, 0) is 0 Å². The lowest BCUT2D eigenvalue weighted by Gasteiger charge is -2.43. The fraction of sp³-hybridized carbons (Fsp3) is 1.00. The molecule has 2 fully saturated rings. The predicted octanol–water partition coefficient (Wildman–Crippen LogP) is 2.66. The molecule has 0 radical (unpaired) electrons. The molecule has 0 aromatic rings. The molecule has 3 unspecified atom stereocenters. The molecule has 2 heteroatoms. The van der Waals surface area contributed by atoms with Gasteiger partial charge in [-0.15, -0.1) is 0 Å². The molecule has 1 N–H and O–H groups in total. The molecule has 2 nitrogen and oxygen atoms in total. The monoisotopic (exact) mass is 225 g/mol. The molecule has 2 rings (SSSR count). The maximum absolute atomic E-state index is 10.2. The zero-order chi connectivity index (χ0) is 11.5. The van der Waals surface area contributed by atoms with E-state index in [2.05, 4.69) is 18.7 Å². The van der Waals surface area contributed by atoms with Gasteiger partial charge in [0, 0.05) is 6.04 Å². The van der Waals surface area contributed by atoms with Gasteiger partial charge >= 0.3 is 0 Å². The van der Waals surface area contributed by atoms with Gasteiger partial charge in [0.2, 0.25) is 0 Å². The Morgan fingerprint density at radius 2 is 1.81 bits per heavy atom. The summed E-state index contributed by atoms with van der Waals surface area (Å²) in [5.74, 6) is 1.74. The predicted molar refractivity (Wildman–Crippen MR) is 67.4 cm³/mol. The summed E-state index contributed by atoms with van der Waals surface area (Å²) in [7, 11) is 0. The summed E-state index contributed by atoms with van der Waals surface area (Å²) >= 11 is 0. The Kier molecular flexibility index (Phi) is 4.26. The van der Waals surface area contributed by atoms with Gasteiger partial charge in [-0.25, -0.2) is 0 Å². The number of rotatable bonds is 2. The molecule has 0 spiro atoms. The van der Waals surface area contributed by atoms with Gasteiger partial charge in [-0.05, 0) is 57.0 Å². The Morgan fingerprint density at radius 1 is 1.12 bits per heavy atom. The maximum atomic E-state index is 10.2. The van der Waals surface area contributed by atoms with Crippen LogP contribution in [0.3, 0.4) is 0 Å². The Bertz CT molecular complexity index is 211. The second kappa shape index (κ2) is 5.50. The van der Waals surface area contributed by atoms with Crippen LogP contribution in [0.4, 0.5) is 0 Å². The molecule has 1 aliphatic carbocycles. The molecule has 16 heavy (non-hydrogen) atoms. The normalized spacial score (nSPS) is 38.8. The highest BCUT2D eigenvalue weighted by Gasteiger charge is 2.33. The highest BCUT2D eigenvalue weighted by atomic mass is 16.3. The average molecular weight is 225 g/mol. The van der Waals surface area contributed by atoms with E-state index in [4.69, 9.17) is 0 Å². The molecular formula is C14H27NO. The van der Waals surface area contributed by atoms with Crippen LogP contribution in [0.2, 0.25) is 0 Å². The van der Waals surface area contributed by atoms with E-state index in [9.17, 15) is 5.11 Å². The van der Waals surface area contributed by atoms with E-state index >= 15 is 0 Å². The van der Waals surface area contributed by atoms with E-state index in [0.29, 0.717) is 6.04 Å². The molecular weight excluding hydrogens is 198 g/mol. The number of hydrogen-bond donors (Lipinski definition) is 1. The summed E-state index contributed by atoms with van der Waals surface area (Å²) in [6, 6.07) is 0.464. The summed E-state index contributed by atoms with van der Waals surface area (Å²) in [6.07, 6.45) is 7.35. The van der Waals surface area contributed by atoms with Crippen LogP contribution in [0.25, 0.3) is 0 Å². The quantitative estimate of drug-likeness (QED) is 0.781. The Hall–Kier alpha value is -0.0800. The maximum Gasteiger partial charge on any atom is 0.0695 e. The Balaban J connectivity index is 1.90. The average Bonchev–Trinajstić information content (AvgIpc) is 2.31.